The molecule has 0 fully saturated rings. The standard InChI is InChI=1S/C13H11BrN2OS/c14-11-7-12(18-9-11)8-15-16-13(17)6-10-4-2-1-3-5-10/h1-5,7-9H,6H2,(H,16,17). The number of halogens is 1. The zero-order valence-electron chi connectivity index (χ0n) is 9.47. The van der Waals surface area contributed by atoms with Crippen molar-refractivity contribution in [3.8, 4) is 0 Å². The van der Waals surface area contributed by atoms with Gasteiger partial charge in [0.05, 0.1) is 12.6 Å². The predicted molar refractivity (Wildman–Crippen MR) is 77.9 cm³/mol. The minimum absolute atomic E-state index is 0.118. The fourth-order valence-corrected chi connectivity index (χ4v) is 2.69. The van der Waals surface area contributed by atoms with Gasteiger partial charge in [0.1, 0.15) is 0 Å². The van der Waals surface area contributed by atoms with E-state index >= 15 is 0 Å². The van der Waals surface area contributed by atoms with Crippen molar-refractivity contribution in [3.63, 3.8) is 0 Å². The van der Waals surface area contributed by atoms with Crippen LogP contribution in [0.15, 0.2) is 51.4 Å². The summed E-state index contributed by atoms with van der Waals surface area (Å²) in [5.41, 5.74) is 3.49. The molecule has 0 bridgehead atoms. The van der Waals surface area contributed by atoms with E-state index in [9.17, 15) is 4.79 Å². The number of nitrogens with zero attached hydrogens (tertiary/aromatic N) is 1. The molecule has 0 spiro atoms. The van der Waals surface area contributed by atoms with Gasteiger partial charge in [0, 0.05) is 14.7 Å². The van der Waals surface area contributed by atoms with Crippen LogP contribution in [-0.2, 0) is 11.2 Å². The van der Waals surface area contributed by atoms with E-state index in [0.29, 0.717) is 6.42 Å². The quantitative estimate of drug-likeness (QED) is 0.681. The normalized spacial score (nSPS) is 10.7. The van der Waals surface area contributed by atoms with Gasteiger partial charge in [-0.05, 0) is 27.6 Å². The van der Waals surface area contributed by atoms with E-state index in [1.807, 2.05) is 41.8 Å². The Morgan fingerprint density at radius 1 is 1.39 bits per heavy atom. The summed E-state index contributed by atoms with van der Waals surface area (Å²) in [6.45, 7) is 0. The van der Waals surface area contributed by atoms with E-state index in [2.05, 4.69) is 26.5 Å². The molecule has 0 radical (unpaired) electrons. The summed E-state index contributed by atoms with van der Waals surface area (Å²) in [5, 5.41) is 5.88. The number of thiophene rings is 1. The number of hydrazone groups is 1. The summed E-state index contributed by atoms with van der Waals surface area (Å²) in [6.07, 6.45) is 1.98. The van der Waals surface area contributed by atoms with Gasteiger partial charge in [-0.1, -0.05) is 30.3 Å². The van der Waals surface area contributed by atoms with Gasteiger partial charge in [-0.15, -0.1) is 11.3 Å². The van der Waals surface area contributed by atoms with Crippen LogP contribution in [0.2, 0.25) is 0 Å². The van der Waals surface area contributed by atoms with Gasteiger partial charge in [0.2, 0.25) is 5.91 Å². The highest BCUT2D eigenvalue weighted by Gasteiger charge is 2.00. The molecule has 0 aliphatic rings. The van der Waals surface area contributed by atoms with Crippen molar-refractivity contribution in [2.24, 2.45) is 5.10 Å². The first kappa shape index (κ1) is 13.0. The molecule has 1 amide bonds. The minimum atomic E-state index is -0.118. The number of nitrogens with one attached hydrogen (secondary N) is 1. The Bertz CT molecular complexity index is 551. The number of carbonyl (C=O) groups is 1. The number of hydrogen-bond acceptors (Lipinski definition) is 3. The molecule has 0 saturated carbocycles. The van der Waals surface area contributed by atoms with Crippen molar-refractivity contribution in [3.05, 3.63) is 56.7 Å². The molecule has 0 aliphatic heterocycles. The Morgan fingerprint density at radius 2 is 2.17 bits per heavy atom. The van der Waals surface area contributed by atoms with E-state index in [-0.39, 0.29) is 5.91 Å². The SMILES string of the molecule is O=C(Cc1ccccc1)NN=Cc1cc(Br)cs1. The van der Waals surface area contributed by atoms with Gasteiger partial charge in [-0.3, -0.25) is 4.79 Å². The number of amides is 1. The lowest BCUT2D eigenvalue weighted by Gasteiger charge is -1.99. The second-order valence-electron chi connectivity index (χ2n) is 3.62. The van der Waals surface area contributed by atoms with Crippen molar-refractivity contribution < 1.29 is 4.79 Å². The Balaban J connectivity index is 1.83. The maximum atomic E-state index is 11.6. The Kier molecular flexibility index (Phi) is 4.66. The predicted octanol–water partition coefficient (Wildman–Crippen LogP) is 3.20. The van der Waals surface area contributed by atoms with Crippen LogP contribution in [0.1, 0.15) is 10.4 Å². The first-order valence-electron chi connectivity index (χ1n) is 5.34. The second-order valence-corrected chi connectivity index (χ2v) is 5.48. The largest absolute Gasteiger partial charge is 0.273 e. The Hall–Kier alpha value is -1.46. The zero-order valence-corrected chi connectivity index (χ0v) is 11.9. The molecule has 18 heavy (non-hydrogen) atoms. The maximum Gasteiger partial charge on any atom is 0.244 e. The molecule has 5 heteroatoms. The van der Waals surface area contributed by atoms with Crippen LogP contribution in [0.3, 0.4) is 0 Å². The minimum Gasteiger partial charge on any atom is -0.273 e. The molecule has 0 saturated heterocycles. The van der Waals surface area contributed by atoms with Gasteiger partial charge in [-0.25, -0.2) is 5.43 Å². The van der Waals surface area contributed by atoms with Gasteiger partial charge >= 0.3 is 0 Å². The highest BCUT2D eigenvalue weighted by atomic mass is 79.9. The van der Waals surface area contributed by atoms with Crippen LogP contribution >= 0.6 is 27.3 Å². The van der Waals surface area contributed by atoms with Crippen molar-refractivity contribution >= 4 is 39.4 Å². The molecule has 2 aromatic rings. The zero-order chi connectivity index (χ0) is 12.8. The molecular formula is C13H11BrN2OS. The maximum absolute atomic E-state index is 11.6. The first-order chi connectivity index (χ1) is 8.74. The lowest BCUT2D eigenvalue weighted by molar-refractivity contribution is -0.120. The fraction of sp³-hybridized carbons (Fsp3) is 0.0769. The van der Waals surface area contributed by atoms with Gasteiger partial charge in [0.15, 0.2) is 0 Å². The average molecular weight is 323 g/mol. The van der Waals surface area contributed by atoms with E-state index in [1.165, 1.54) is 0 Å². The molecule has 1 aromatic carbocycles. The molecule has 1 aromatic heterocycles. The van der Waals surface area contributed by atoms with Gasteiger partial charge < -0.3 is 0 Å². The van der Waals surface area contributed by atoms with Gasteiger partial charge in [-0.2, -0.15) is 5.10 Å². The van der Waals surface area contributed by atoms with Crippen LogP contribution in [0.5, 0.6) is 0 Å². The number of hydrogen-bond donors (Lipinski definition) is 1. The number of carbonyl (C=O) groups excluding carboxylic acids is 1. The van der Waals surface area contributed by atoms with Crippen molar-refractivity contribution in [2.45, 2.75) is 6.42 Å². The first-order valence-corrected chi connectivity index (χ1v) is 7.01. The van der Waals surface area contributed by atoms with Crippen LogP contribution < -0.4 is 5.43 Å². The Labute approximate surface area is 118 Å². The van der Waals surface area contributed by atoms with Crippen molar-refractivity contribution in [1.29, 1.82) is 0 Å². The summed E-state index contributed by atoms with van der Waals surface area (Å²) < 4.78 is 1.02. The molecule has 1 heterocycles. The number of rotatable bonds is 4. The third-order valence-electron chi connectivity index (χ3n) is 2.18. The third-order valence-corrected chi connectivity index (χ3v) is 3.80. The summed E-state index contributed by atoms with van der Waals surface area (Å²) in [5.74, 6) is -0.118. The highest BCUT2D eigenvalue weighted by Crippen LogP contribution is 2.17. The van der Waals surface area contributed by atoms with Crippen molar-refractivity contribution in [2.75, 3.05) is 0 Å². The lowest BCUT2D eigenvalue weighted by Crippen LogP contribution is -2.19. The molecule has 1 N–H and O–H groups in total. The van der Waals surface area contributed by atoms with Crippen LogP contribution in [0.4, 0.5) is 0 Å². The van der Waals surface area contributed by atoms with Crippen LogP contribution in [0, 0.1) is 0 Å². The van der Waals surface area contributed by atoms with Crippen LogP contribution in [-0.4, -0.2) is 12.1 Å². The van der Waals surface area contributed by atoms with E-state index < -0.39 is 0 Å². The topological polar surface area (TPSA) is 41.5 Å². The molecule has 0 aliphatic carbocycles. The molecule has 0 atom stereocenters. The van der Waals surface area contributed by atoms with E-state index in [0.717, 1.165) is 14.9 Å². The van der Waals surface area contributed by atoms with E-state index in [4.69, 9.17) is 0 Å². The molecule has 2 rings (SSSR count). The molecule has 3 nitrogen and oxygen atoms in total. The molecular weight excluding hydrogens is 312 g/mol. The van der Waals surface area contributed by atoms with Crippen LogP contribution in [0.25, 0.3) is 0 Å². The van der Waals surface area contributed by atoms with Gasteiger partial charge in [0.25, 0.3) is 0 Å². The fourth-order valence-electron chi connectivity index (χ4n) is 1.38. The molecule has 0 unspecified atom stereocenters. The third kappa shape index (κ3) is 4.09. The van der Waals surface area contributed by atoms with E-state index in [1.54, 1.807) is 17.6 Å². The number of benzene rings is 1. The highest BCUT2D eigenvalue weighted by molar-refractivity contribution is 9.10. The smallest absolute Gasteiger partial charge is 0.244 e. The monoisotopic (exact) mass is 322 g/mol. The molecule has 92 valence electrons. The lowest BCUT2D eigenvalue weighted by atomic mass is 10.1. The average Bonchev–Trinajstić information content (AvgIpc) is 2.76. The summed E-state index contributed by atoms with van der Waals surface area (Å²) >= 11 is 4.92. The summed E-state index contributed by atoms with van der Waals surface area (Å²) in [4.78, 5) is 12.6. The summed E-state index contributed by atoms with van der Waals surface area (Å²) in [7, 11) is 0. The van der Waals surface area contributed by atoms with Crippen molar-refractivity contribution in [1.82, 2.24) is 5.43 Å². The Morgan fingerprint density at radius 3 is 2.83 bits per heavy atom. The summed E-state index contributed by atoms with van der Waals surface area (Å²) in [6, 6.07) is 11.5. The second kappa shape index (κ2) is 6.47.